The Morgan fingerprint density at radius 1 is 1.04 bits per heavy atom. The lowest BCUT2D eigenvalue weighted by molar-refractivity contribution is -0.129. The van der Waals surface area contributed by atoms with Crippen molar-refractivity contribution in [1.82, 2.24) is 9.21 Å². The summed E-state index contributed by atoms with van der Waals surface area (Å²) in [6.07, 6.45) is 3.10. The van der Waals surface area contributed by atoms with Crippen LogP contribution in [0.15, 0.2) is 53.4 Å². The molecule has 0 atom stereocenters. The molecular formula is C21H25ClN2O3S. The smallest absolute Gasteiger partial charge is 0.243 e. The monoisotopic (exact) mass is 420 g/mol. The van der Waals surface area contributed by atoms with Crippen molar-refractivity contribution in [1.29, 1.82) is 0 Å². The van der Waals surface area contributed by atoms with Crippen LogP contribution in [0.4, 0.5) is 0 Å². The molecule has 1 heterocycles. The number of piperidine rings is 1. The molecule has 0 aromatic heterocycles. The summed E-state index contributed by atoms with van der Waals surface area (Å²) in [5.74, 6) is -0.0495. The van der Waals surface area contributed by atoms with Gasteiger partial charge in [0.15, 0.2) is 0 Å². The molecule has 0 radical (unpaired) electrons. The Labute approximate surface area is 172 Å². The lowest BCUT2D eigenvalue weighted by Crippen LogP contribution is -2.35. The number of carbonyl (C=O) groups excluding carboxylic acids is 1. The second-order valence-corrected chi connectivity index (χ2v) is 9.47. The number of amides is 1. The molecule has 1 aliphatic heterocycles. The van der Waals surface area contributed by atoms with Gasteiger partial charge in [-0.05, 0) is 42.2 Å². The van der Waals surface area contributed by atoms with Gasteiger partial charge in [0, 0.05) is 31.7 Å². The summed E-state index contributed by atoms with van der Waals surface area (Å²) in [5, 5.41) is 0.634. The SMILES string of the molecule is CN(Cc1ccccc1Cl)C(=O)Cc1ccc(S(=O)(=O)N2CCCCC2)cc1. The molecule has 1 fully saturated rings. The van der Waals surface area contributed by atoms with E-state index in [1.54, 1.807) is 46.6 Å². The van der Waals surface area contributed by atoms with Crippen LogP contribution in [0.3, 0.4) is 0 Å². The highest BCUT2D eigenvalue weighted by molar-refractivity contribution is 7.89. The summed E-state index contributed by atoms with van der Waals surface area (Å²) in [6, 6.07) is 14.1. The van der Waals surface area contributed by atoms with E-state index in [4.69, 9.17) is 11.6 Å². The molecular weight excluding hydrogens is 396 g/mol. The number of hydrogen-bond donors (Lipinski definition) is 0. The van der Waals surface area contributed by atoms with E-state index in [0.717, 1.165) is 30.4 Å². The van der Waals surface area contributed by atoms with Gasteiger partial charge < -0.3 is 4.90 Å². The predicted octanol–water partition coefficient (Wildman–Crippen LogP) is 3.72. The number of rotatable bonds is 6. The van der Waals surface area contributed by atoms with Gasteiger partial charge in [0.25, 0.3) is 0 Å². The molecule has 28 heavy (non-hydrogen) atoms. The van der Waals surface area contributed by atoms with Crippen molar-refractivity contribution >= 4 is 27.5 Å². The summed E-state index contributed by atoms with van der Waals surface area (Å²) in [4.78, 5) is 14.4. The van der Waals surface area contributed by atoms with E-state index in [9.17, 15) is 13.2 Å². The van der Waals surface area contributed by atoms with Crippen molar-refractivity contribution in [3.8, 4) is 0 Å². The molecule has 0 unspecified atom stereocenters. The lowest BCUT2D eigenvalue weighted by atomic mass is 10.1. The van der Waals surface area contributed by atoms with Crippen molar-refractivity contribution in [3.63, 3.8) is 0 Å². The quantitative estimate of drug-likeness (QED) is 0.715. The van der Waals surface area contributed by atoms with Gasteiger partial charge in [-0.3, -0.25) is 4.79 Å². The predicted molar refractivity (Wildman–Crippen MR) is 111 cm³/mol. The first-order chi connectivity index (χ1) is 13.4. The molecule has 0 bridgehead atoms. The first kappa shape index (κ1) is 20.8. The molecule has 0 N–H and O–H groups in total. The number of carbonyl (C=O) groups is 1. The van der Waals surface area contributed by atoms with Crippen molar-refractivity contribution in [2.75, 3.05) is 20.1 Å². The second-order valence-electron chi connectivity index (χ2n) is 7.13. The van der Waals surface area contributed by atoms with Gasteiger partial charge in [0.2, 0.25) is 15.9 Å². The van der Waals surface area contributed by atoms with Crippen LogP contribution < -0.4 is 0 Å². The molecule has 150 valence electrons. The molecule has 2 aromatic carbocycles. The number of hydrogen-bond acceptors (Lipinski definition) is 3. The fraction of sp³-hybridized carbons (Fsp3) is 0.381. The maximum Gasteiger partial charge on any atom is 0.243 e. The van der Waals surface area contributed by atoms with Crippen LogP contribution in [-0.4, -0.2) is 43.7 Å². The summed E-state index contributed by atoms with van der Waals surface area (Å²) >= 11 is 6.16. The Morgan fingerprint density at radius 3 is 2.32 bits per heavy atom. The Balaban J connectivity index is 1.63. The third-order valence-corrected chi connectivity index (χ3v) is 7.30. The standard InChI is InChI=1S/C21H25ClN2O3S/c1-23(16-18-7-3-4-8-20(18)22)21(25)15-17-9-11-19(12-10-17)28(26,27)24-13-5-2-6-14-24/h3-4,7-12H,2,5-6,13-16H2,1H3. The molecule has 3 rings (SSSR count). The molecule has 2 aromatic rings. The van der Waals surface area contributed by atoms with E-state index >= 15 is 0 Å². The highest BCUT2D eigenvalue weighted by atomic mass is 35.5. The minimum Gasteiger partial charge on any atom is -0.341 e. The van der Waals surface area contributed by atoms with Gasteiger partial charge in [-0.25, -0.2) is 8.42 Å². The summed E-state index contributed by atoms with van der Waals surface area (Å²) in [7, 11) is -1.71. The average molecular weight is 421 g/mol. The van der Waals surface area contributed by atoms with Gasteiger partial charge in [0.1, 0.15) is 0 Å². The second kappa shape index (κ2) is 9.07. The van der Waals surface area contributed by atoms with Gasteiger partial charge >= 0.3 is 0 Å². The van der Waals surface area contributed by atoms with Gasteiger partial charge in [-0.2, -0.15) is 4.31 Å². The van der Waals surface area contributed by atoms with E-state index in [0.29, 0.717) is 24.7 Å². The Kier molecular flexibility index (Phi) is 6.75. The number of nitrogens with zero attached hydrogens (tertiary/aromatic N) is 2. The highest BCUT2D eigenvalue weighted by Gasteiger charge is 2.25. The Morgan fingerprint density at radius 2 is 1.68 bits per heavy atom. The molecule has 1 saturated heterocycles. The van der Waals surface area contributed by atoms with Crippen LogP contribution in [0.2, 0.25) is 5.02 Å². The fourth-order valence-corrected chi connectivity index (χ4v) is 5.03. The summed E-state index contributed by atoms with van der Waals surface area (Å²) < 4.78 is 27.0. The van der Waals surface area contributed by atoms with Crippen molar-refractivity contribution in [3.05, 3.63) is 64.7 Å². The molecule has 0 aliphatic carbocycles. The normalized spacial score (nSPS) is 15.4. The van der Waals surface area contributed by atoms with Gasteiger partial charge in [0.05, 0.1) is 11.3 Å². The highest BCUT2D eigenvalue weighted by Crippen LogP contribution is 2.21. The molecule has 0 spiro atoms. The molecule has 1 amide bonds. The maximum atomic E-state index is 12.7. The Bertz CT molecular complexity index is 923. The van der Waals surface area contributed by atoms with Crippen LogP contribution in [0.5, 0.6) is 0 Å². The van der Waals surface area contributed by atoms with E-state index in [1.807, 2.05) is 18.2 Å². The van der Waals surface area contributed by atoms with Crippen LogP contribution in [0.25, 0.3) is 0 Å². The van der Waals surface area contributed by atoms with Crippen molar-refractivity contribution < 1.29 is 13.2 Å². The van der Waals surface area contributed by atoms with Crippen molar-refractivity contribution in [2.24, 2.45) is 0 Å². The van der Waals surface area contributed by atoms with Crippen LogP contribution in [0.1, 0.15) is 30.4 Å². The van der Waals surface area contributed by atoms with E-state index in [-0.39, 0.29) is 17.2 Å². The zero-order chi connectivity index (χ0) is 20.1. The summed E-state index contributed by atoms with van der Waals surface area (Å²) in [5.41, 5.74) is 1.68. The average Bonchev–Trinajstić information content (AvgIpc) is 2.70. The summed E-state index contributed by atoms with van der Waals surface area (Å²) in [6.45, 7) is 1.59. The molecule has 1 aliphatic rings. The van der Waals surface area contributed by atoms with Crippen LogP contribution in [0, 0.1) is 0 Å². The largest absolute Gasteiger partial charge is 0.341 e. The molecule has 7 heteroatoms. The minimum atomic E-state index is -3.45. The zero-order valence-electron chi connectivity index (χ0n) is 16.0. The first-order valence-corrected chi connectivity index (χ1v) is 11.3. The maximum absolute atomic E-state index is 12.7. The van der Waals surface area contributed by atoms with Crippen molar-refractivity contribution in [2.45, 2.75) is 37.1 Å². The first-order valence-electron chi connectivity index (χ1n) is 9.44. The van der Waals surface area contributed by atoms with Gasteiger partial charge in [-0.15, -0.1) is 0 Å². The fourth-order valence-electron chi connectivity index (χ4n) is 3.31. The molecule has 5 nitrogen and oxygen atoms in total. The number of benzene rings is 2. The number of sulfonamides is 1. The zero-order valence-corrected chi connectivity index (χ0v) is 17.5. The minimum absolute atomic E-state index is 0.0495. The third kappa shape index (κ3) is 4.93. The topological polar surface area (TPSA) is 57.7 Å². The van der Waals surface area contributed by atoms with Gasteiger partial charge in [-0.1, -0.05) is 48.4 Å². The lowest BCUT2D eigenvalue weighted by Gasteiger charge is -2.25. The van der Waals surface area contributed by atoms with Crippen LogP contribution >= 0.6 is 11.6 Å². The number of halogens is 1. The van der Waals surface area contributed by atoms with E-state index < -0.39 is 10.0 Å². The number of likely N-dealkylation sites (N-methyl/N-ethyl adjacent to an activating group) is 1. The van der Waals surface area contributed by atoms with Crippen LogP contribution in [-0.2, 0) is 27.8 Å². The van der Waals surface area contributed by atoms with E-state index in [2.05, 4.69) is 0 Å². The third-order valence-electron chi connectivity index (χ3n) is 5.02. The Hall–Kier alpha value is -1.89. The van der Waals surface area contributed by atoms with E-state index in [1.165, 1.54) is 0 Å². The molecule has 0 saturated carbocycles.